The Balaban J connectivity index is 2.24. The van der Waals surface area contributed by atoms with Gasteiger partial charge in [0.25, 0.3) is 0 Å². The quantitative estimate of drug-likeness (QED) is 0.841. The van der Waals surface area contributed by atoms with Gasteiger partial charge in [-0.3, -0.25) is 4.79 Å². The molecule has 3 nitrogen and oxygen atoms in total. The van der Waals surface area contributed by atoms with Crippen molar-refractivity contribution in [2.75, 3.05) is 5.32 Å². The first-order valence-corrected chi connectivity index (χ1v) is 6.17. The van der Waals surface area contributed by atoms with E-state index in [1.165, 1.54) is 0 Å². The fourth-order valence-corrected chi connectivity index (χ4v) is 2.17. The van der Waals surface area contributed by atoms with Crippen LogP contribution in [0.3, 0.4) is 0 Å². The van der Waals surface area contributed by atoms with Crippen molar-refractivity contribution in [3.63, 3.8) is 0 Å². The van der Waals surface area contributed by atoms with Crippen LogP contribution in [0.4, 0.5) is 5.69 Å². The lowest BCUT2D eigenvalue weighted by Gasteiger charge is -2.24. The molecule has 2 unspecified atom stereocenters. The van der Waals surface area contributed by atoms with Gasteiger partial charge in [0.15, 0.2) is 0 Å². The second kappa shape index (κ2) is 4.49. The van der Waals surface area contributed by atoms with Crippen molar-refractivity contribution in [3.05, 3.63) is 29.3 Å². The standard InChI is InChI=1S/C14H20N2O/c1-8(2)9(3)14(15)10-4-5-12-11(6-10)7-13(17)16-12/h4-6,8-9,14H,7,15H2,1-3H3,(H,16,17). The minimum absolute atomic E-state index is 0.0380. The van der Waals surface area contributed by atoms with Crippen LogP contribution in [0.25, 0.3) is 0 Å². The summed E-state index contributed by atoms with van der Waals surface area (Å²) in [6.45, 7) is 6.54. The number of nitrogens with one attached hydrogen (secondary N) is 1. The van der Waals surface area contributed by atoms with E-state index in [9.17, 15) is 4.79 Å². The molecule has 1 aromatic rings. The molecule has 2 rings (SSSR count). The van der Waals surface area contributed by atoms with Gasteiger partial charge in [-0.1, -0.05) is 32.9 Å². The molecule has 0 radical (unpaired) electrons. The molecule has 0 aliphatic carbocycles. The van der Waals surface area contributed by atoms with Gasteiger partial charge in [-0.05, 0) is 29.0 Å². The number of hydrogen-bond donors (Lipinski definition) is 2. The third-order valence-electron chi connectivity index (χ3n) is 3.76. The fourth-order valence-electron chi connectivity index (χ4n) is 2.17. The van der Waals surface area contributed by atoms with Crippen LogP contribution >= 0.6 is 0 Å². The number of benzene rings is 1. The molecule has 92 valence electrons. The lowest BCUT2D eigenvalue weighted by atomic mass is 9.86. The summed E-state index contributed by atoms with van der Waals surface area (Å²) in [5, 5.41) is 2.84. The lowest BCUT2D eigenvalue weighted by Crippen LogP contribution is -2.23. The molecule has 0 saturated heterocycles. The average Bonchev–Trinajstić information content (AvgIpc) is 2.65. The first-order chi connectivity index (χ1) is 7.99. The van der Waals surface area contributed by atoms with Crippen LogP contribution in [-0.4, -0.2) is 5.91 Å². The van der Waals surface area contributed by atoms with Crippen LogP contribution < -0.4 is 11.1 Å². The third kappa shape index (κ3) is 2.34. The van der Waals surface area contributed by atoms with E-state index in [4.69, 9.17) is 5.73 Å². The highest BCUT2D eigenvalue weighted by Crippen LogP contribution is 2.30. The molecular weight excluding hydrogens is 212 g/mol. The minimum atomic E-state index is 0.0380. The third-order valence-corrected chi connectivity index (χ3v) is 3.76. The highest BCUT2D eigenvalue weighted by molar-refractivity contribution is 5.99. The van der Waals surface area contributed by atoms with Gasteiger partial charge in [0, 0.05) is 11.7 Å². The molecule has 0 aromatic heterocycles. The molecular formula is C14H20N2O. The largest absolute Gasteiger partial charge is 0.326 e. The summed E-state index contributed by atoms with van der Waals surface area (Å²) < 4.78 is 0. The zero-order valence-corrected chi connectivity index (χ0v) is 10.7. The van der Waals surface area contributed by atoms with Crippen LogP contribution in [-0.2, 0) is 11.2 Å². The predicted molar refractivity (Wildman–Crippen MR) is 69.7 cm³/mol. The van der Waals surface area contributed by atoms with E-state index in [0.29, 0.717) is 18.3 Å². The van der Waals surface area contributed by atoms with Crippen molar-refractivity contribution in [3.8, 4) is 0 Å². The second-order valence-corrected chi connectivity index (χ2v) is 5.27. The van der Waals surface area contributed by atoms with Crippen LogP contribution in [0.2, 0.25) is 0 Å². The van der Waals surface area contributed by atoms with Gasteiger partial charge in [0.1, 0.15) is 0 Å². The van der Waals surface area contributed by atoms with Gasteiger partial charge in [-0.15, -0.1) is 0 Å². The maximum Gasteiger partial charge on any atom is 0.228 e. The maximum absolute atomic E-state index is 11.3. The monoisotopic (exact) mass is 232 g/mol. The molecule has 0 saturated carbocycles. The molecule has 1 amide bonds. The van der Waals surface area contributed by atoms with Crippen LogP contribution in [0.15, 0.2) is 18.2 Å². The van der Waals surface area contributed by atoms with E-state index in [1.54, 1.807) is 0 Å². The van der Waals surface area contributed by atoms with E-state index in [1.807, 2.05) is 12.1 Å². The number of nitrogens with two attached hydrogens (primary N) is 1. The van der Waals surface area contributed by atoms with E-state index in [2.05, 4.69) is 32.2 Å². The number of fused-ring (bicyclic) bond motifs is 1. The highest BCUT2D eigenvalue weighted by Gasteiger charge is 2.22. The van der Waals surface area contributed by atoms with Gasteiger partial charge in [0.05, 0.1) is 6.42 Å². The maximum atomic E-state index is 11.3. The predicted octanol–water partition coefficient (Wildman–Crippen LogP) is 2.47. The number of hydrogen-bond acceptors (Lipinski definition) is 2. The molecule has 17 heavy (non-hydrogen) atoms. The number of rotatable bonds is 3. The molecule has 1 aromatic carbocycles. The molecule has 0 bridgehead atoms. The van der Waals surface area contributed by atoms with Crippen LogP contribution in [0, 0.1) is 11.8 Å². The van der Waals surface area contributed by atoms with Gasteiger partial charge < -0.3 is 11.1 Å². The van der Waals surface area contributed by atoms with Crippen molar-refractivity contribution in [1.29, 1.82) is 0 Å². The Hall–Kier alpha value is -1.35. The summed E-state index contributed by atoms with van der Waals surface area (Å²) >= 11 is 0. The molecule has 2 atom stereocenters. The zero-order valence-electron chi connectivity index (χ0n) is 10.7. The molecule has 3 heteroatoms. The van der Waals surface area contributed by atoms with Crippen LogP contribution in [0.1, 0.15) is 37.9 Å². The first kappa shape index (κ1) is 12.1. The summed E-state index contributed by atoms with van der Waals surface area (Å²) in [5.41, 5.74) is 9.39. The van der Waals surface area contributed by atoms with Crippen molar-refractivity contribution in [2.24, 2.45) is 17.6 Å². The number of amides is 1. The molecule has 3 N–H and O–H groups in total. The molecule has 1 aliphatic heterocycles. The summed E-state index contributed by atoms with van der Waals surface area (Å²) in [7, 11) is 0. The topological polar surface area (TPSA) is 55.1 Å². The second-order valence-electron chi connectivity index (χ2n) is 5.27. The minimum Gasteiger partial charge on any atom is -0.326 e. The highest BCUT2D eigenvalue weighted by atomic mass is 16.1. The molecule has 0 fully saturated rings. The fraction of sp³-hybridized carbons (Fsp3) is 0.500. The normalized spacial score (nSPS) is 17.8. The molecule has 1 aliphatic rings. The van der Waals surface area contributed by atoms with E-state index < -0.39 is 0 Å². The van der Waals surface area contributed by atoms with Crippen molar-refractivity contribution in [1.82, 2.24) is 0 Å². The van der Waals surface area contributed by atoms with Crippen molar-refractivity contribution in [2.45, 2.75) is 33.2 Å². The Morgan fingerprint density at radius 3 is 2.65 bits per heavy atom. The summed E-state index contributed by atoms with van der Waals surface area (Å²) in [6.07, 6.45) is 0.478. The number of carbonyl (C=O) groups excluding carboxylic acids is 1. The van der Waals surface area contributed by atoms with Gasteiger partial charge in [-0.2, -0.15) is 0 Å². The first-order valence-electron chi connectivity index (χ1n) is 6.17. The molecule has 0 spiro atoms. The SMILES string of the molecule is CC(C)C(C)C(N)c1ccc2c(c1)CC(=O)N2. The van der Waals surface area contributed by atoms with Gasteiger partial charge >= 0.3 is 0 Å². The van der Waals surface area contributed by atoms with Crippen molar-refractivity contribution >= 4 is 11.6 Å². The van der Waals surface area contributed by atoms with Crippen molar-refractivity contribution < 1.29 is 4.79 Å². The Kier molecular flexibility index (Phi) is 3.20. The lowest BCUT2D eigenvalue weighted by molar-refractivity contribution is -0.115. The Bertz CT molecular complexity index is 440. The van der Waals surface area contributed by atoms with Crippen LogP contribution in [0.5, 0.6) is 0 Å². The zero-order chi connectivity index (χ0) is 12.6. The van der Waals surface area contributed by atoms with Gasteiger partial charge in [-0.25, -0.2) is 0 Å². The number of carbonyl (C=O) groups is 1. The summed E-state index contributed by atoms with van der Waals surface area (Å²) in [6, 6.07) is 6.09. The van der Waals surface area contributed by atoms with E-state index >= 15 is 0 Å². The number of anilines is 1. The molecule has 1 heterocycles. The summed E-state index contributed by atoms with van der Waals surface area (Å²) in [5.74, 6) is 1.05. The smallest absolute Gasteiger partial charge is 0.228 e. The Morgan fingerprint density at radius 1 is 1.29 bits per heavy atom. The summed E-state index contributed by atoms with van der Waals surface area (Å²) in [4.78, 5) is 11.3. The Labute approximate surface area is 102 Å². The average molecular weight is 232 g/mol. The Morgan fingerprint density at radius 2 is 2.00 bits per heavy atom. The van der Waals surface area contributed by atoms with E-state index in [-0.39, 0.29) is 11.9 Å². The van der Waals surface area contributed by atoms with E-state index in [0.717, 1.165) is 16.8 Å². The van der Waals surface area contributed by atoms with Gasteiger partial charge in [0.2, 0.25) is 5.91 Å².